The molecule has 2 nitrogen and oxygen atoms in total. The van der Waals surface area contributed by atoms with E-state index in [4.69, 9.17) is 5.26 Å². The molecule has 0 bridgehead atoms. The molecule has 1 aromatic rings. The van der Waals surface area contributed by atoms with Crippen molar-refractivity contribution < 1.29 is 4.79 Å². The smallest absolute Gasteiger partial charge is 0.262 e. The van der Waals surface area contributed by atoms with Gasteiger partial charge in [-0.15, -0.1) is 11.8 Å². The zero-order valence-electron chi connectivity index (χ0n) is 7.62. The fourth-order valence-electron chi connectivity index (χ4n) is 1.57. The molecule has 0 fully saturated rings. The summed E-state index contributed by atoms with van der Waals surface area (Å²) >= 11 is 1.82. The Morgan fingerprint density at radius 1 is 1.50 bits per heavy atom. The van der Waals surface area contributed by atoms with Crippen molar-refractivity contribution in [1.29, 1.82) is 5.26 Å². The number of hydrogen-bond acceptors (Lipinski definition) is 3. The fraction of sp³-hybridized carbons (Fsp3) is 0.273. The molecular weight excluding hydrogens is 194 g/mol. The van der Waals surface area contributed by atoms with E-state index < -0.39 is 5.78 Å². The topological polar surface area (TPSA) is 40.9 Å². The summed E-state index contributed by atoms with van der Waals surface area (Å²) in [6.07, 6.45) is 2.18. The summed E-state index contributed by atoms with van der Waals surface area (Å²) in [6, 6.07) is 7.18. The summed E-state index contributed by atoms with van der Waals surface area (Å²) in [4.78, 5) is 12.4. The Morgan fingerprint density at radius 3 is 3.14 bits per heavy atom. The van der Waals surface area contributed by atoms with Crippen molar-refractivity contribution in [2.24, 2.45) is 0 Å². The summed E-state index contributed by atoms with van der Waals surface area (Å²) < 4.78 is 0. The maximum atomic E-state index is 11.1. The molecule has 0 aliphatic carbocycles. The van der Waals surface area contributed by atoms with Crippen LogP contribution < -0.4 is 0 Å². The van der Waals surface area contributed by atoms with Crippen LogP contribution in [0.1, 0.15) is 22.3 Å². The largest absolute Gasteiger partial charge is 0.277 e. The van der Waals surface area contributed by atoms with E-state index in [9.17, 15) is 4.79 Å². The number of benzene rings is 1. The van der Waals surface area contributed by atoms with Crippen LogP contribution in [-0.4, -0.2) is 11.5 Å². The Labute approximate surface area is 86.9 Å². The number of hydrogen-bond donors (Lipinski definition) is 0. The van der Waals surface area contributed by atoms with Gasteiger partial charge in [-0.25, -0.2) is 0 Å². The standard InChI is InChI=1S/C11H9NOS/c12-7-10(13)8-3-4-11-9(6-8)2-1-5-14-11/h3-4,6H,1-2,5H2. The number of thioether (sulfide) groups is 1. The van der Waals surface area contributed by atoms with Gasteiger partial charge < -0.3 is 0 Å². The van der Waals surface area contributed by atoms with Gasteiger partial charge in [-0.2, -0.15) is 5.26 Å². The van der Waals surface area contributed by atoms with Crippen LogP contribution in [0.5, 0.6) is 0 Å². The lowest BCUT2D eigenvalue weighted by atomic mass is 10.0. The van der Waals surface area contributed by atoms with Gasteiger partial charge in [0.2, 0.25) is 0 Å². The van der Waals surface area contributed by atoms with E-state index in [1.165, 1.54) is 10.5 Å². The summed E-state index contributed by atoms with van der Waals surface area (Å²) in [7, 11) is 0. The highest BCUT2D eigenvalue weighted by Crippen LogP contribution is 2.30. The van der Waals surface area contributed by atoms with Crippen LogP contribution in [0.4, 0.5) is 0 Å². The molecule has 0 aromatic heterocycles. The molecule has 1 aromatic carbocycles. The van der Waals surface area contributed by atoms with Gasteiger partial charge in [-0.3, -0.25) is 4.79 Å². The third-order valence-corrected chi connectivity index (χ3v) is 3.47. The van der Waals surface area contributed by atoms with Crippen molar-refractivity contribution in [3.8, 4) is 6.07 Å². The maximum absolute atomic E-state index is 11.1. The average molecular weight is 203 g/mol. The lowest BCUT2D eigenvalue weighted by Crippen LogP contribution is -2.02. The predicted molar refractivity (Wildman–Crippen MR) is 55.4 cm³/mol. The summed E-state index contributed by atoms with van der Waals surface area (Å²) in [5, 5.41) is 8.49. The molecule has 70 valence electrons. The normalized spacial score (nSPS) is 14.2. The molecule has 0 N–H and O–H groups in total. The first-order valence-corrected chi connectivity index (χ1v) is 5.50. The number of fused-ring (bicyclic) bond motifs is 1. The molecule has 0 radical (unpaired) electrons. The van der Waals surface area contributed by atoms with Crippen molar-refractivity contribution in [3.05, 3.63) is 29.3 Å². The summed E-state index contributed by atoms with van der Waals surface area (Å²) in [5.41, 5.74) is 1.73. The monoisotopic (exact) mass is 203 g/mol. The minimum absolute atomic E-state index is 0.441. The molecule has 0 unspecified atom stereocenters. The number of rotatable bonds is 1. The second kappa shape index (κ2) is 3.85. The SMILES string of the molecule is N#CC(=O)c1ccc2c(c1)CCCS2. The minimum atomic E-state index is -0.441. The van der Waals surface area contributed by atoms with Crippen molar-refractivity contribution in [2.75, 3.05) is 5.75 Å². The molecule has 1 aliphatic rings. The van der Waals surface area contributed by atoms with E-state index in [0.29, 0.717) is 5.56 Å². The van der Waals surface area contributed by atoms with E-state index in [0.717, 1.165) is 18.6 Å². The minimum Gasteiger partial charge on any atom is -0.277 e. The Bertz CT molecular complexity index is 420. The number of Topliss-reactive ketones (excluding diaryl/α,β-unsaturated/α-hetero) is 1. The molecular formula is C11H9NOS. The molecule has 0 amide bonds. The van der Waals surface area contributed by atoms with Crippen LogP contribution in [0, 0.1) is 11.3 Å². The van der Waals surface area contributed by atoms with E-state index in [-0.39, 0.29) is 0 Å². The zero-order valence-corrected chi connectivity index (χ0v) is 8.43. The number of nitriles is 1. The highest BCUT2D eigenvalue weighted by molar-refractivity contribution is 7.99. The van der Waals surface area contributed by atoms with Crippen LogP contribution in [-0.2, 0) is 6.42 Å². The molecule has 3 heteroatoms. The quantitative estimate of drug-likeness (QED) is 0.520. The third kappa shape index (κ3) is 1.66. The molecule has 0 spiro atoms. The van der Waals surface area contributed by atoms with E-state index >= 15 is 0 Å². The highest BCUT2D eigenvalue weighted by Gasteiger charge is 2.12. The Hall–Kier alpha value is -1.27. The van der Waals surface area contributed by atoms with Gasteiger partial charge in [-0.1, -0.05) is 0 Å². The molecule has 0 saturated heterocycles. The predicted octanol–water partition coefficient (Wildman–Crippen LogP) is 2.43. The van der Waals surface area contributed by atoms with Crippen LogP contribution >= 0.6 is 11.8 Å². The van der Waals surface area contributed by atoms with Crippen LogP contribution in [0.2, 0.25) is 0 Å². The van der Waals surface area contributed by atoms with Gasteiger partial charge in [0.15, 0.2) is 0 Å². The Balaban J connectivity index is 2.39. The third-order valence-electron chi connectivity index (χ3n) is 2.27. The molecule has 14 heavy (non-hydrogen) atoms. The fourth-order valence-corrected chi connectivity index (χ4v) is 2.59. The van der Waals surface area contributed by atoms with Crippen LogP contribution in [0.15, 0.2) is 23.1 Å². The van der Waals surface area contributed by atoms with E-state index in [1.807, 2.05) is 23.9 Å². The number of carbonyl (C=O) groups excluding carboxylic acids is 1. The number of aryl methyl sites for hydroxylation is 1. The Kier molecular flexibility index (Phi) is 2.55. The van der Waals surface area contributed by atoms with Crippen LogP contribution in [0.3, 0.4) is 0 Å². The van der Waals surface area contributed by atoms with Crippen molar-refractivity contribution in [3.63, 3.8) is 0 Å². The number of ketones is 1. The van der Waals surface area contributed by atoms with Crippen LogP contribution in [0.25, 0.3) is 0 Å². The van der Waals surface area contributed by atoms with Gasteiger partial charge in [0, 0.05) is 10.5 Å². The first-order chi connectivity index (χ1) is 6.81. The second-order valence-electron chi connectivity index (χ2n) is 3.22. The highest BCUT2D eigenvalue weighted by atomic mass is 32.2. The van der Waals surface area contributed by atoms with Gasteiger partial charge in [0.05, 0.1) is 0 Å². The lowest BCUT2D eigenvalue weighted by molar-refractivity contribution is 0.105. The molecule has 0 saturated carbocycles. The Morgan fingerprint density at radius 2 is 2.36 bits per heavy atom. The van der Waals surface area contributed by atoms with Crippen molar-refractivity contribution >= 4 is 17.5 Å². The number of nitrogens with zero attached hydrogens (tertiary/aromatic N) is 1. The maximum Gasteiger partial charge on any atom is 0.262 e. The lowest BCUT2D eigenvalue weighted by Gasteiger charge is -2.14. The molecule has 1 heterocycles. The van der Waals surface area contributed by atoms with Gasteiger partial charge in [0.1, 0.15) is 6.07 Å². The molecule has 2 rings (SSSR count). The first-order valence-electron chi connectivity index (χ1n) is 4.51. The second-order valence-corrected chi connectivity index (χ2v) is 4.35. The first kappa shape index (κ1) is 9.29. The van der Waals surface area contributed by atoms with Gasteiger partial charge in [0.25, 0.3) is 5.78 Å². The number of carbonyl (C=O) groups is 1. The zero-order chi connectivity index (χ0) is 9.97. The van der Waals surface area contributed by atoms with Gasteiger partial charge >= 0.3 is 0 Å². The van der Waals surface area contributed by atoms with E-state index in [1.54, 1.807) is 12.1 Å². The van der Waals surface area contributed by atoms with Crippen molar-refractivity contribution in [2.45, 2.75) is 17.7 Å². The average Bonchev–Trinajstić information content (AvgIpc) is 2.27. The van der Waals surface area contributed by atoms with Gasteiger partial charge in [-0.05, 0) is 42.4 Å². The van der Waals surface area contributed by atoms with Crippen molar-refractivity contribution in [1.82, 2.24) is 0 Å². The summed E-state index contributed by atoms with van der Waals surface area (Å²) in [5.74, 6) is 0.710. The molecule has 1 aliphatic heterocycles. The summed E-state index contributed by atoms with van der Waals surface area (Å²) in [6.45, 7) is 0. The molecule has 0 atom stereocenters. The van der Waals surface area contributed by atoms with E-state index in [2.05, 4.69) is 0 Å².